The molecule has 3 fully saturated rings. The number of nitrogens with one attached hydrogen (secondary N) is 2. The third-order valence-corrected chi connectivity index (χ3v) is 5.28. The number of hydrogen-bond acceptors (Lipinski definition) is 4. The summed E-state index contributed by atoms with van der Waals surface area (Å²) in [5, 5.41) is 6.82. The smallest absolute Gasteiger partial charge is 0.0334 e. The summed E-state index contributed by atoms with van der Waals surface area (Å²) in [6.45, 7) is 13.3. The standard InChI is InChI=1S/C9H20N2.C7H14N2.C2H6/c1-8(2)11(4)9(5-6-9)7-10-3;1-9-5-4-8-7(6-9)2-3-7;1-2/h8,10H,5-7H2,1-4H3;8H,2-6H2,1H3;1-2H3. The summed E-state index contributed by atoms with van der Waals surface area (Å²) in [7, 11) is 6.48. The van der Waals surface area contributed by atoms with Gasteiger partial charge in [-0.15, -0.1) is 0 Å². The Morgan fingerprint density at radius 3 is 2.09 bits per heavy atom. The number of rotatable bonds is 4. The quantitative estimate of drug-likeness (QED) is 0.833. The number of piperazine rings is 1. The van der Waals surface area contributed by atoms with Crippen LogP contribution in [0.3, 0.4) is 0 Å². The second kappa shape index (κ2) is 8.62. The summed E-state index contributed by atoms with van der Waals surface area (Å²) in [5.41, 5.74) is 1.08. The van der Waals surface area contributed by atoms with E-state index in [1.165, 1.54) is 45.3 Å². The molecule has 1 heterocycles. The van der Waals surface area contributed by atoms with Gasteiger partial charge in [0.05, 0.1) is 0 Å². The van der Waals surface area contributed by atoms with Crippen LogP contribution in [0.1, 0.15) is 53.4 Å². The SMILES string of the molecule is CC.CN1CCNC2(CC2)C1.CNCC1(N(C)C(C)C)CC1. The van der Waals surface area contributed by atoms with Crippen LogP contribution in [0.25, 0.3) is 0 Å². The van der Waals surface area contributed by atoms with Gasteiger partial charge in [0.1, 0.15) is 0 Å². The van der Waals surface area contributed by atoms with Gasteiger partial charge >= 0.3 is 0 Å². The second-order valence-corrected chi connectivity index (χ2v) is 7.40. The lowest BCUT2D eigenvalue weighted by atomic mass is 10.2. The Morgan fingerprint density at radius 2 is 1.77 bits per heavy atom. The van der Waals surface area contributed by atoms with Gasteiger partial charge in [0.2, 0.25) is 0 Å². The molecule has 3 aliphatic rings. The van der Waals surface area contributed by atoms with E-state index in [4.69, 9.17) is 0 Å². The molecule has 0 amide bonds. The first-order valence-corrected chi connectivity index (χ1v) is 9.24. The van der Waals surface area contributed by atoms with E-state index in [1.54, 1.807) is 0 Å². The lowest BCUT2D eigenvalue weighted by Crippen LogP contribution is -2.50. The summed E-state index contributed by atoms with van der Waals surface area (Å²) < 4.78 is 0. The molecule has 1 spiro atoms. The third kappa shape index (κ3) is 5.48. The van der Waals surface area contributed by atoms with Crippen molar-refractivity contribution in [1.29, 1.82) is 0 Å². The average molecular weight is 313 g/mol. The third-order valence-electron chi connectivity index (χ3n) is 5.28. The minimum atomic E-state index is 0.503. The fourth-order valence-corrected chi connectivity index (χ4v) is 3.32. The number of hydrogen-bond donors (Lipinski definition) is 2. The maximum Gasteiger partial charge on any atom is 0.0334 e. The summed E-state index contributed by atoms with van der Waals surface area (Å²) >= 11 is 0. The highest BCUT2D eigenvalue weighted by Gasteiger charge is 2.46. The largest absolute Gasteiger partial charge is 0.318 e. The molecule has 0 radical (unpaired) electrons. The zero-order valence-corrected chi connectivity index (χ0v) is 16.1. The van der Waals surface area contributed by atoms with Crippen molar-refractivity contribution in [2.75, 3.05) is 47.3 Å². The van der Waals surface area contributed by atoms with Crippen LogP contribution < -0.4 is 10.6 Å². The Bertz CT molecular complexity index is 308. The van der Waals surface area contributed by atoms with Gasteiger partial charge in [-0.1, -0.05) is 13.8 Å². The van der Waals surface area contributed by atoms with E-state index < -0.39 is 0 Å². The van der Waals surface area contributed by atoms with Crippen molar-refractivity contribution < 1.29 is 0 Å². The van der Waals surface area contributed by atoms with Gasteiger partial charge in [0.25, 0.3) is 0 Å². The minimum absolute atomic E-state index is 0.503. The Balaban J connectivity index is 0.000000200. The van der Waals surface area contributed by atoms with Crippen LogP contribution in [0.15, 0.2) is 0 Å². The molecule has 2 saturated carbocycles. The van der Waals surface area contributed by atoms with E-state index in [2.05, 4.69) is 48.4 Å². The first-order valence-electron chi connectivity index (χ1n) is 9.24. The first-order chi connectivity index (χ1) is 10.4. The molecule has 1 saturated heterocycles. The highest BCUT2D eigenvalue weighted by Crippen LogP contribution is 2.41. The van der Waals surface area contributed by atoms with Crippen LogP contribution in [-0.4, -0.2) is 74.2 Å². The van der Waals surface area contributed by atoms with Gasteiger partial charge < -0.3 is 15.5 Å². The van der Waals surface area contributed by atoms with Crippen LogP contribution in [0, 0.1) is 0 Å². The molecule has 2 N–H and O–H groups in total. The van der Waals surface area contributed by atoms with Gasteiger partial charge in [-0.05, 0) is 60.7 Å². The van der Waals surface area contributed by atoms with Crippen LogP contribution >= 0.6 is 0 Å². The highest BCUT2D eigenvalue weighted by molar-refractivity contribution is 5.06. The normalized spacial score (nSPS) is 24.4. The zero-order valence-electron chi connectivity index (χ0n) is 16.1. The van der Waals surface area contributed by atoms with Crippen molar-refractivity contribution in [3.8, 4) is 0 Å². The van der Waals surface area contributed by atoms with E-state index in [0.29, 0.717) is 17.1 Å². The Morgan fingerprint density at radius 1 is 1.18 bits per heavy atom. The minimum Gasteiger partial charge on any atom is -0.318 e. The first kappa shape index (κ1) is 19.9. The van der Waals surface area contributed by atoms with Crippen LogP contribution in [-0.2, 0) is 0 Å². The molecular formula is C18H40N4. The predicted octanol–water partition coefficient (Wildman–Crippen LogP) is 2.16. The maximum absolute atomic E-state index is 3.56. The van der Waals surface area contributed by atoms with E-state index in [0.717, 1.165) is 6.54 Å². The van der Waals surface area contributed by atoms with Crippen molar-refractivity contribution in [1.82, 2.24) is 20.4 Å². The molecule has 0 aromatic rings. The van der Waals surface area contributed by atoms with E-state index in [-0.39, 0.29) is 0 Å². The lowest BCUT2D eigenvalue weighted by Gasteiger charge is -2.31. The van der Waals surface area contributed by atoms with E-state index in [9.17, 15) is 0 Å². The molecule has 3 rings (SSSR count). The monoisotopic (exact) mass is 312 g/mol. The summed E-state index contributed by atoms with van der Waals surface area (Å²) in [5.74, 6) is 0. The second-order valence-electron chi connectivity index (χ2n) is 7.40. The Kier molecular flexibility index (Phi) is 7.80. The van der Waals surface area contributed by atoms with Gasteiger partial charge in [-0.3, -0.25) is 4.90 Å². The van der Waals surface area contributed by atoms with Crippen LogP contribution in [0.2, 0.25) is 0 Å². The zero-order chi connectivity index (χ0) is 16.8. The van der Waals surface area contributed by atoms with E-state index >= 15 is 0 Å². The van der Waals surface area contributed by atoms with Crippen molar-refractivity contribution >= 4 is 0 Å². The van der Waals surface area contributed by atoms with Crippen LogP contribution in [0.4, 0.5) is 0 Å². The molecule has 0 aromatic heterocycles. The van der Waals surface area contributed by atoms with E-state index in [1.807, 2.05) is 20.9 Å². The fraction of sp³-hybridized carbons (Fsp3) is 1.00. The van der Waals surface area contributed by atoms with Gasteiger partial charge in [-0.25, -0.2) is 0 Å². The highest BCUT2D eigenvalue weighted by atomic mass is 15.2. The van der Waals surface area contributed by atoms with Gasteiger partial charge in [0, 0.05) is 43.3 Å². The lowest BCUT2D eigenvalue weighted by molar-refractivity contribution is 0.174. The fourth-order valence-electron chi connectivity index (χ4n) is 3.32. The molecule has 2 aliphatic carbocycles. The molecular weight excluding hydrogens is 272 g/mol. The molecule has 4 nitrogen and oxygen atoms in total. The van der Waals surface area contributed by atoms with Crippen molar-refractivity contribution in [3.05, 3.63) is 0 Å². The van der Waals surface area contributed by atoms with Gasteiger partial charge in [-0.2, -0.15) is 0 Å². The average Bonchev–Trinajstić information content (AvgIpc) is 3.41. The van der Waals surface area contributed by atoms with Crippen molar-refractivity contribution in [3.63, 3.8) is 0 Å². The van der Waals surface area contributed by atoms with Crippen molar-refractivity contribution in [2.24, 2.45) is 0 Å². The van der Waals surface area contributed by atoms with Crippen LogP contribution in [0.5, 0.6) is 0 Å². The molecule has 4 heteroatoms. The predicted molar refractivity (Wildman–Crippen MR) is 97.6 cm³/mol. The summed E-state index contributed by atoms with van der Waals surface area (Å²) in [4.78, 5) is 4.91. The molecule has 0 bridgehead atoms. The molecule has 0 atom stereocenters. The Hall–Kier alpha value is -0.160. The molecule has 1 aliphatic heterocycles. The number of likely N-dealkylation sites (N-methyl/N-ethyl adjacent to an activating group) is 3. The summed E-state index contributed by atoms with van der Waals surface area (Å²) in [6.07, 6.45) is 5.53. The molecule has 0 unspecified atom stereocenters. The maximum atomic E-state index is 3.56. The van der Waals surface area contributed by atoms with Gasteiger partial charge in [0.15, 0.2) is 0 Å². The Labute approximate surface area is 139 Å². The van der Waals surface area contributed by atoms with Crippen molar-refractivity contribution in [2.45, 2.75) is 70.5 Å². The summed E-state index contributed by atoms with van der Waals surface area (Å²) in [6, 6.07) is 0.672. The topological polar surface area (TPSA) is 30.5 Å². The molecule has 0 aromatic carbocycles. The molecule has 132 valence electrons. The molecule has 22 heavy (non-hydrogen) atoms. The number of nitrogens with zero attached hydrogens (tertiary/aromatic N) is 2.